The maximum Gasteiger partial charge on any atom is 0.354 e. The van der Waals surface area contributed by atoms with Crippen molar-refractivity contribution in [3.8, 4) is 5.75 Å². The summed E-state index contributed by atoms with van der Waals surface area (Å²) in [5.74, 6) is -1.44. The first-order valence-corrected chi connectivity index (χ1v) is 5.82. The summed E-state index contributed by atoms with van der Waals surface area (Å²) in [5.41, 5.74) is -0.0771. The fraction of sp³-hybridized carbons (Fsp3) is 0.0833. The number of ether oxygens (including phenoxy) is 1. The number of carbonyl (C=O) groups is 2. The number of amides is 1. The highest BCUT2D eigenvalue weighted by Gasteiger charge is 2.19. The second-order valence-corrected chi connectivity index (χ2v) is 4.14. The van der Waals surface area contributed by atoms with E-state index in [9.17, 15) is 9.59 Å². The number of hydrogen-bond donors (Lipinski definition) is 3. The molecule has 0 saturated carbocycles. The molecule has 0 aliphatic carbocycles. The molecule has 1 heterocycles. The molecular formula is C12H10ClN3O4. The van der Waals surface area contributed by atoms with E-state index in [0.717, 1.165) is 6.33 Å². The number of aromatic carboxylic acids is 1. The van der Waals surface area contributed by atoms with Crippen molar-refractivity contribution in [1.29, 1.82) is 0 Å². The van der Waals surface area contributed by atoms with Gasteiger partial charge in [0.05, 0.1) is 18.5 Å². The van der Waals surface area contributed by atoms with Crippen LogP contribution >= 0.6 is 11.6 Å². The number of methoxy groups -OCH3 is 1. The first kappa shape index (κ1) is 13.9. The Morgan fingerprint density at radius 3 is 2.80 bits per heavy atom. The molecular weight excluding hydrogens is 286 g/mol. The molecule has 0 aliphatic rings. The van der Waals surface area contributed by atoms with E-state index < -0.39 is 11.9 Å². The molecule has 20 heavy (non-hydrogen) atoms. The number of nitrogens with one attached hydrogen (secondary N) is 2. The van der Waals surface area contributed by atoms with Crippen LogP contribution < -0.4 is 10.1 Å². The number of benzene rings is 1. The third-order valence-corrected chi connectivity index (χ3v) is 2.77. The lowest BCUT2D eigenvalue weighted by Crippen LogP contribution is -2.16. The minimum absolute atomic E-state index is 0.204. The molecule has 2 rings (SSSR count). The summed E-state index contributed by atoms with van der Waals surface area (Å²) in [6, 6.07) is 4.65. The maximum absolute atomic E-state index is 11.9. The fourth-order valence-corrected chi connectivity index (χ4v) is 1.82. The van der Waals surface area contributed by atoms with Gasteiger partial charge >= 0.3 is 5.97 Å². The van der Waals surface area contributed by atoms with Crippen LogP contribution in [0.2, 0.25) is 5.02 Å². The van der Waals surface area contributed by atoms with Crippen LogP contribution in [0.25, 0.3) is 0 Å². The molecule has 104 valence electrons. The Hall–Kier alpha value is -2.54. The number of rotatable bonds is 4. The highest BCUT2D eigenvalue weighted by molar-refractivity contribution is 6.32. The molecule has 0 radical (unpaired) electrons. The Labute approximate surface area is 118 Å². The molecule has 0 bridgehead atoms. The zero-order chi connectivity index (χ0) is 14.7. The zero-order valence-electron chi connectivity index (χ0n) is 10.3. The van der Waals surface area contributed by atoms with Gasteiger partial charge in [0.15, 0.2) is 11.4 Å². The van der Waals surface area contributed by atoms with Crippen LogP contribution in [-0.4, -0.2) is 34.1 Å². The van der Waals surface area contributed by atoms with Crippen LogP contribution in [0.4, 0.5) is 5.69 Å². The third kappa shape index (κ3) is 2.72. The van der Waals surface area contributed by atoms with Crippen molar-refractivity contribution in [1.82, 2.24) is 9.97 Å². The van der Waals surface area contributed by atoms with Crippen molar-refractivity contribution >= 4 is 29.2 Å². The van der Waals surface area contributed by atoms with Crippen molar-refractivity contribution in [2.24, 2.45) is 0 Å². The topological polar surface area (TPSA) is 104 Å². The van der Waals surface area contributed by atoms with E-state index in [1.54, 1.807) is 12.1 Å². The molecule has 0 atom stereocenters. The molecule has 1 amide bonds. The molecule has 8 heteroatoms. The predicted molar refractivity (Wildman–Crippen MR) is 71.5 cm³/mol. The van der Waals surface area contributed by atoms with Gasteiger partial charge in [-0.3, -0.25) is 4.79 Å². The molecule has 1 aromatic carbocycles. The quantitative estimate of drug-likeness (QED) is 0.800. The van der Waals surface area contributed by atoms with E-state index in [-0.39, 0.29) is 11.4 Å². The Kier molecular flexibility index (Phi) is 3.90. The lowest BCUT2D eigenvalue weighted by atomic mass is 10.2. The standard InChI is InChI=1S/C12H10ClN3O4/c1-20-8-3-2-6(4-7(8)13)16-11(17)9-10(12(18)19)15-5-14-9/h2-5H,1H3,(H,14,15)(H,16,17)(H,18,19). The van der Waals surface area contributed by atoms with Gasteiger partial charge in [-0.1, -0.05) is 11.6 Å². The lowest BCUT2D eigenvalue weighted by Gasteiger charge is -2.07. The van der Waals surface area contributed by atoms with Gasteiger partial charge < -0.3 is 20.1 Å². The summed E-state index contributed by atoms with van der Waals surface area (Å²) in [5, 5.41) is 11.7. The Morgan fingerprint density at radius 2 is 2.20 bits per heavy atom. The summed E-state index contributed by atoms with van der Waals surface area (Å²) in [6.45, 7) is 0. The molecule has 1 aromatic heterocycles. The second kappa shape index (κ2) is 5.62. The number of carboxylic acid groups (broad SMARTS) is 1. The highest BCUT2D eigenvalue weighted by atomic mass is 35.5. The average Bonchev–Trinajstić information content (AvgIpc) is 2.88. The number of aromatic amines is 1. The molecule has 3 N–H and O–H groups in total. The van der Waals surface area contributed by atoms with Crippen LogP contribution in [0.1, 0.15) is 21.0 Å². The summed E-state index contributed by atoms with van der Waals surface area (Å²) in [6.07, 6.45) is 1.14. The fourth-order valence-electron chi connectivity index (χ4n) is 1.56. The van der Waals surface area contributed by atoms with E-state index in [2.05, 4.69) is 15.3 Å². The molecule has 0 fully saturated rings. The van der Waals surface area contributed by atoms with Crippen molar-refractivity contribution < 1.29 is 19.4 Å². The van der Waals surface area contributed by atoms with E-state index in [1.165, 1.54) is 13.2 Å². The number of carbonyl (C=O) groups excluding carboxylic acids is 1. The summed E-state index contributed by atoms with van der Waals surface area (Å²) < 4.78 is 4.99. The average molecular weight is 296 g/mol. The second-order valence-electron chi connectivity index (χ2n) is 3.73. The largest absolute Gasteiger partial charge is 0.495 e. The Bertz CT molecular complexity index is 668. The number of halogens is 1. The van der Waals surface area contributed by atoms with Crippen molar-refractivity contribution in [3.63, 3.8) is 0 Å². The van der Waals surface area contributed by atoms with Crippen LogP contribution in [0.3, 0.4) is 0 Å². The Morgan fingerprint density at radius 1 is 1.45 bits per heavy atom. The van der Waals surface area contributed by atoms with Gasteiger partial charge in [0.25, 0.3) is 5.91 Å². The molecule has 0 saturated heterocycles. The van der Waals surface area contributed by atoms with Gasteiger partial charge in [-0.25, -0.2) is 9.78 Å². The van der Waals surface area contributed by atoms with Gasteiger partial charge in [0.1, 0.15) is 5.75 Å². The first-order chi connectivity index (χ1) is 9.52. The lowest BCUT2D eigenvalue weighted by molar-refractivity contribution is 0.0686. The summed E-state index contributed by atoms with van der Waals surface area (Å²) in [7, 11) is 1.47. The van der Waals surface area contributed by atoms with E-state index in [4.69, 9.17) is 21.4 Å². The smallest absolute Gasteiger partial charge is 0.354 e. The van der Waals surface area contributed by atoms with E-state index in [1.807, 2.05) is 0 Å². The van der Waals surface area contributed by atoms with Crippen LogP contribution in [0.5, 0.6) is 5.75 Å². The maximum atomic E-state index is 11.9. The third-order valence-electron chi connectivity index (χ3n) is 2.48. The van der Waals surface area contributed by atoms with Gasteiger partial charge in [-0.05, 0) is 18.2 Å². The van der Waals surface area contributed by atoms with E-state index in [0.29, 0.717) is 16.5 Å². The van der Waals surface area contributed by atoms with Gasteiger partial charge in [-0.2, -0.15) is 0 Å². The number of anilines is 1. The summed E-state index contributed by atoms with van der Waals surface area (Å²) >= 11 is 5.93. The predicted octanol–water partition coefficient (Wildman–Crippen LogP) is 2.02. The minimum Gasteiger partial charge on any atom is -0.495 e. The van der Waals surface area contributed by atoms with Gasteiger partial charge in [0.2, 0.25) is 0 Å². The number of aromatic nitrogens is 2. The van der Waals surface area contributed by atoms with Crippen molar-refractivity contribution in [2.75, 3.05) is 12.4 Å². The summed E-state index contributed by atoms with van der Waals surface area (Å²) in [4.78, 5) is 28.9. The van der Waals surface area contributed by atoms with Crippen LogP contribution in [0.15, 0.2) is 24.5 Å². The number of carboxylic acids is 1. The first-order valence-electron chi connectivity index (χ1n) is 5.44. The molecule has 0 spiro atoms. The van der Waals surface area contributed by atoms with E-state index >= 15 is 0 Å². The normalized spacial score (nSPS) is 10.1. The number of H-pyrrole nitrogens is 1. The highest BCUT2D eigenvalue weighted by Crippen LogP contribution is 2.27. The molecule has 7 nitrogen and oxygen atoms in total. The number of imidazole rings is 1. The van der Waals surface area contributed by atoms with Gasteiger partial charge in [-0.15, -0.1) is 0 Å². The van der Waals surface area contributed by atoms with Gasteiger partial charge in [0, 0.05) is 5.69 Å². The van der Waals surface area contributed by atoms with Crippen LogP contribution in [-0.2, 0) is 0 Å². The SMILES string of the molecule is COc1ccc(NC(=O)c2nc[nH]c2C(=O)O)cc1Cl. The number of hydrogen-bond acceptors (Lipinski definition) is 4. The number of nitrogens with zero attached hydrogens (tertiary/aromatic N) is 1. The molecule has 2 aromatic rings. The van der Waals surface area contributed by atoms with Crippen LogP contribution in [0, 0.1) is 0 Å². The Balaban J connectivity index is 2.21. The monoisotopic (exact) mass is 295 g/mol. The molecule has 0 aliphatic heterocycles. The van der Waals surface area contributed by atoms with Crippen molar-refractivity contribution in [3.05, 3.63) is 40.9 Å². The minimum atomic E-state index is -1.26. The zero-order valence-corrected chi connectivity index (χ0v) is 11.1. The van der Waals surface area contributed by atoms with Crippen molar-refractivity contribution in [2.45, 2.75) is 0 Å². The molecule has 0 unspecified atom stereocenters.